The molecule has 0 saturated heterocycles. The average molecular weight is 233 g/mol. The fraction of sp³-hybridized carbons (Fsp3) is 0.455. The van der Waals surface area contributed by atoms with Crippen molar-refractivity contribution in [1.82, 2.24) is 25.7 Å². The summed E-state index contributed by atoms with van der Waals surface area (Å²) in [6.45, 7) is 5.03. The van der Waals surface area contributed by atoms with Crippen LogP contribution in [0.15, 0.2) is 22.9 Å². The van der Waals surface area contributed by atoms with Crippen molar-refractivity contribution in [1.29, 1.82) is 0 Å². The standard InChI is InChI=1S/C11H15N5O/c1-8(2)12-5-4-10-15-16-11(17-10)9-3-6-13-14-7-9/h3,6-8,12H,4-5H2,1-2H3. The van der Waals surface area contributed by atoms with E-state index in [9.17, 15) is 0 Å². The Bertz CT molecular complexity index is 454. The SMILES string of the molecule is CC(C)NCCc1nnc(-c2ccnnc2)o1. The summed E-state index contributed by atoms with van der Waals surface area (Å²) in [6.07, 6.45) is 3.92. The summed E-state index contributed by atoms with van der Waals surface area (Å²) in [5, 5.41) is 18.7. The quantitative estimate of drug-likeness (QED) is 0.832. The second-order valence-electron chi connectivity index (χ2n) is 3.99. The minimum Gasteiger partial charge on any atom is -0.421 e. The number of aromatic nitrogens is 4. The molecule has 0 saturated carbocycles. The van der Waals surface area contributed by atoms with Crippen molar-refractivity contribution in [2.45, 2.75) is 26.3 Å². The largest absolute Gasteiger partial charge is 0.421 e. The van der Waals surface area contributed by atoms with Crippen LogP contribution in [0.4, 0.5) is 0 Å². The zero-order chi connectivity index (χ0) is 12.1. The minimum atomic E-state index is 0.460. The molecule has 2 rings (SSSR count). The molecule has 2 heterocycles. The van der Waals surface area contributed by atoms with Gasteiger partial charge in [-0.1, -0.05) is 13.8 Å². The number of nitrogens with one attached hydrogen (secondary N) is 1. The summed E-state index contributed by atoms with van der Waals surface area (Å²) in [5.74, 6) is 1.12. The van der Waals surface area contributed by atoms with E-state index in [0.717, 1.165) is 18.5 Å². The van der Waals surface area contributed by atoms with E-state index in [1.165, 1.54) is 0 Å². The summed E-state index contributed by atoms with van der Waals surface area (Å²) >= 11 is 0. The second-order valence-corrected chi connectivity index (χ2v) is 3.99. The Hall–Kier alpha value is -1.82. The van der Waals surface area contributed by atoms with Gasteiger partial charge in [0.1, 0.15) is 0 Å². The summed E-state index contributed by atoms with van der Waals surface area (Å²) in [7, 11) is 0. The van der Waals surface area contributed by atoms with Gasteiger partial charge in [0.2, 0.25) is 11.8 Å². The van der Waals surface area contributed by atoms with Gasteiger partial charge in [0.15, 0.2) is 0 Å². The lowest BCUT2D eigenvalue weighted by Crippen LogP contribution is -2.25. The van der Waals surface area contributed by atoms with Crippen LogP contribution in [-0.2, 0) is 6.42 Å². The van der Waals surface area contributed by atoms with Crippen molar-refractivity contribution >= 4 is 0 Å². The van der Waals surface area contributed by atoms with Crippen LogP contribution < -0.4 is 5.32 Å². The Balaban J connectivity index is 1.97. The van der Waals surface area contributed by atoms with Crippen molar-refractivity contribution < 1.29 is 4.42 Å². The first-order chi connectivity index (χ1) is 8.25. The molecule has 90 valence electrons. The van der Waals surface area contributed by atoms with Gasteiger partial charge in [-0.25, -0.2) is 0 Å². The van der Waals surface area contributed by atoms with E-state index in [4.69, 9.17) is 4.42 Å². The summed E-state index contributed by atoms with van der Waals surface area (Å²) < 4.78 is 5.52. The first-order valence-corrected chi connectivity index (χ1v) is 5.58. The molecular weight excluding hydrogens is 218 g/mol. The van der Waals surface area contributed by atoms with Gasteiger partial charge in [-0.15, -0.1) is 10.2 Å². The fourth-order valence-electron chi connectivity index (χ4n) is 1.36. The summed E-state index contributed by atoms with van der Waals surface area (Å²) in [4.78, 5) is 0. The summed E-state index contributed by atoms with van der Waals surface area (Å²) in [6, 6.07) is 2.25. The Kier molecular flexibility index (Phi) is 3.77. The van der Waals surface area contributed by atoms with Crippen LogP contribution in [0.5, 0.6) is 0 Å². The van der Waals surface area contributed by atoms with Gasteiger partial charge in [-0.3, -0.25) is 0 Å². The third kappa shape index (κ3) is 3.32. The molecular formula is C11H15N5O. The minimum absolute atomic E-state index is 0.460. The molecule has 1 N–H and O–H groups in total. The highest BCUT2D eigenvalue weighted by Gasteiger charge is 2.08. The smallest absolute Gasteiger partial charge is 0.249 e. The number of nitrogens with zero attached hydrogens (tertiary/aromatic N) is 4. The third-order valence-corrected chi connectivity index (χ3v) is 2.19. The van der Waals surface area contributed by atoms with E-state index in [0.29, 0.717) is 17.8 Å². The van der Waals surface area contributed by atoms with Crippen molar-refractivity contribution in [3.8, 4) is 11.5 Å². The van der Waals surface area contributed by atoms with Crippen LogP contribution in [0, 0.1) is 0 Å². The lowest BCUT2D eigenvalue weighted by atomic mass is 10.3. The molecule has 0 spiro atoms. The molecule has 6 heteroatoms. The molecule has 2 aromatic heterocycles. The highest BCUT2D eigenvalue weighted by Crippen LogP contribution is 2.15. The molecule has 0 fully saturated rings. The van der Waals surface area contributed by atoms with Gasteiger partial charge in [0, 0.05) is 19.0 Å². The van der Waals surface area contributed by atoms with Crippen LogP contribution in [0.1, 0.15) is 19.7 Å². The van der Waals surface area contributed by atoms with E-state index in [-0.39, 0.29) is 0 Å². The number of hydrogen-bond acceptors (Lipinski definition) is 6. The first kappa shape index (κ1) is 11.7. The molecule has 0 aliphatic heterocycles. The maximum absolute atomic E-state index is 5.52. The molecule has 2 aromatic rings. The average Bonchev–Trinajstić information content (AvgIpc) is 2.78. The Morgan fingerprint density at radius 2 is 2.18 bits per heavy atom. The van der Waals surface area contributed by atoms with Gasteiger partial charge in [-0.05, 0) is 6.07 Å². The predicted molar refractivity (Wildman–Crippen MR) is 62.2 cm³/mol. The third-order valence-electron chi connectivity index (χ3n) is 2.19. The fourth-order valence-corrected chi connectivity index (χ4v) is 1.36. The van der Waals surface area contributed by atoms with Gasteiger partial charge >= 0.3 is 0 Å². The zero-order valence-corrected chi connectivity index (χ0v) is 9.92. The maximum atomic E-state index is 5.52. The highest BCUT2D eigenvalue weighted by molar-refractivity contribution is 5.49. The van der Waals surface area contributed by atoms with Crippen molar-refractivity contribution in [3.63, 3.8) is 0 Å². The van der Waals surface area contributed by atoms with Crippen LogP contribution in [0.2, 0.25) is 0 Å². The van der Waals surface area contributed by atoms with E-state index in [1.807, 2.05) is 0 Å². The number of rotatable bonds is 5. The molecule has 17 heavy (non-hydrogen) atoms. The normalized spacial score (nSPS) is 11.0. The van der Waals surface area contributed by atoms with Crippen LogP contribution in [0.25, 0.3) is 11.5 Å². The van der Waals surface area contributed by atoms with Gasteiger partial charge in [0.05, 0.1) is 18.0 Å². The van der Waals surface area contributed by atoms with E-state index < -0.39 is 0 Å². The van der Waals surface area contributed by atoms with Crippen molar-refractivity contribution in [3.05, 3.63) is 24.4 Å². The maximum Gasteiger partial charge on any atom is 0.249 e. The molecule has 0 bridgehead atoms. The highest BCUT2D eigenvalue weighted by atomic mass is 16.4. The number of hydrogen-bond donors (Lipinski definition) is 1. The molecule has 0 aromatic carbocycles. The molecule has 0 aliphatic carbocycles. The molecule has 0 radical (unpaired) electrons. The van der Waals surface area contributed by atoms with E-state index in [2.05, 4.69) is 39.6 Å². The molecule has 0 amide bonds. The van der Waals surface area contributed by atoms with Gasteiger partial charge in [-0.2, -0.15) is 10.2 Å². The monoisotopic (exact) mass is 233 g/mol. The topological polar surface area (TPSA) is 76.7 Å². The van der Waals surface area contributed by atoms with Gasteiger partial charge < -0.3 is 9.73 Å². The molecule has 6 nitrogen and oxygen atoms in total. The lowest BCUT2D eigenvalue weighted by Gasteiger charge is -2.04. The van der Waals surface area contributed by atoms with Crippen LogP contribution in [0.3, 0.4) is 0 Å². The Labute approximate surface area is 99.5 Å². The van der Waals surface area contributed by atoms with E-state index in [1.54, 1.807) is 18.5 Å². The van der Waals surface area contributed by atoms with Gasteiger partial charge in [0.25, 0.3) is 0 Å². The molecule has 0 unspecified atom stereocenters. The van der Waals surface area contributed by atoms with E-state index >= 15 is 0 Å². The lowest BCUT2D eigenvalue weighted by molar-refractivity contribution is 0.484. The Morgan fingerprint density at radius 3 is 2.88 bits per heavy atom. The van der Waals surface area contributed by atoms with Crippen molar-refractivity contribution in [2.75, 3.05) is 6.54 Å². The predicted octanol–water partition coefficient (Wildman–Crippen LogP) is 1.07. The van der Waals surface area contributed by atoms with Crippen LogP contribution in [-0.4, -0.2) is 33.0 Å². The van der Waals surface area contributed by atoms with Crippen molar-refractivity contribution in [2.24, 2.45) is 0 Å². The Morgan fingerprint density at radius 1 is 1.29 bits per heavy atom. The van der Waals surface area contributed by atoms with Crippen LogP contribution >= 0.6 is 0 Å². The second kappa shape index (κ2) is 5.49. The molecule has 0 atom stereocenters. The molecule has 0 aliphatic rings. The zero-order valence-electron chi connectivity index (χ0n) is 9.92. The summed E-state index contributed by atoms with van der Waals surface area (Å²) in [5.41, 5.74) is 0.788. The first-order valence-electron chi connectivity index (χ1n) is 5.58.